The molecule has 0 unspecified atom stereocenters. The lowest BCUT2D eigenvalue weighted by Crippen LogP contribution is -1.94. The summed E-state index contributed by atoms with van der Waals surface area (Å²) in [6.45, 7) is 0. The zero-order valence-electron chi connectivity index (χ0n) is 19.0. The predicted molar refractivity (Wildman–Crippen MR) is 150 cm³/mol. The van der Waals surface area contributed by atoms with Crippen LogP contribution in [0.15, 0.2) is 127 Å². The molecule has 0 nitrogen and oxygen atoms in total. The number of halogens is 1. The maximum atomic E-state index is 6.29. The smallest absolute Gasteiger partial charge is 0.0406 e. The van der Waals surface area contributed by atoms with Gasteiger partial charge in [-0.25, -0.2) is 0 Å². The van der Waals surface area contributed by atoms with Gasteiger partial charge >= 0.3 is 0 Å². The van der Waals surface area contributed by atoms with Crippen molar-refractivity contribution in [3.05, 3.63) is 132 Å². The molecule has 0 N–H and O–H groups in total. The van der Waals surface area contributed by atoms with Crippen molar-refractivity contribution in [1.82, 2.24) is 0 Å². The molecule has 6 aromatic rings. The van der Waals surface area contributed by atoms with Crippen LogP contribution in [0.5, 0.6) is 0 Å². The topological polar surface area (TPSA) is 0 Å². The van der Waals surface area contributed by atoms with E-state index in [-0.39, 0.29) is 0 Å². The number of hydrogen-bond acceptors (Lipinski definition) is 0. The number of fused-ring (bicyclic) bond motifs is 3. The summed E-state index contributed by atoms with van der Waals surface area (Å²) in [6.07, 6.45) is 0. The predicted octanol–water partition coefficient (Wildman–Crippen LogP) is 10.1. The van der Waals surface area contributed by atoms with Gasteiger partial charge in [0.1, 0.15) is 0 Å². The third kappa shape index (κ3) is 3.15. The summed E-state index contributed by atoms with van der Waals surface area (Å²) in [4.78, 5) is 0. The van der Waals surface area contributed by atoms with Gasteiger partial charge in [0.25, 0.3) is 0 Å². The van der Waals surface area contributed by atoms with E-state index >= 15 is 0 Å². The number of hydrogen-bond donors (Lipinski definition) is 0. The van der Waals surface area contributed by atoms with Crippen molar-refractivity contribution in [3.8, 4) is 55.6 Å². The van der Waals surface area contributed by atoms with Gasteiger partial charge < -0.3 is 0 Å². The van der Waals surface area contributed by atoms with E-state index in [1.165, 1.54) is 60.8 Å². The van der Waals surface area contributed by atoms with Crippen molar-refractivity contribution < 1.29 is 0 Å². The van der Waals surface area contributed by atoms with Crippen LogP contribution in [0, 0.1) is 0 Å². The fourth-order valence-electron chi connectivity index (χ4n) is 5.60. The van der Waals surface area contributed by atoms with Gasteiger partial charge in [-0.1, -0.05) is 121 Å². The standard InChI is InChI=1S/C34H21Cl/c35-26-19-17-23(18-20-26)29-21-30(22-9-3-1-4-10-22)33-27-15-7-13-24-14-8-16-28(31(24)27)34(33)32(29)25-11-5-2-6-12-25/h1-21H. The first kappa shape index (κ1) is 20.3. The fraction of sp³-hybridized carbons (Fsp3) is 0. The van der Waals surface area contributed by atoms with Gasteiger partial charge in [0.15, 0.2) is 0 Å². The van der Waals surface area contributed by atoms with E-state index in [2.05, 4.69) is 115 Å². The summed E-state index contributed by atoms with van der Waals surface area (Å²) in [5.74, 6) is 0. The summed E-state index contributed by atoms with van der Waals surface area (Å²) >= 11 is 6.29. The summed E-state index contributed by atoms with van der Waals surface area (Å²) in [5.41, 5.74) is 12.6. The molecule has 1 heteroatoms. The summed E-state index contributed by atoms with van der Waals surface area (Å²) in [5, 5.41) is 3.37. The van der Waals surface area contributed by atoms with Crippen molar-refractivity contribution in [3.63, 3.8) is 0 Å². The van der Waals surface area contributed by atoms with Crippen molar-refractivity contribution >= 4 is 22.4 Å². The van der Waals surface area contributed by atoms with Crippen LogP contribution in [-0.2, 0) is 0 Å². The van der Waals surface area contributed by atoms with E-state index in [4.69, 9.17) is 11.6 Å². The van der Waals surface area contributed by atoms with E-state index in [1.54, 1.807) is 0 Å². The Labute approximate surface area is 210 Å². The summed E-state index contributed by atoms with van der Waals surface area (Å²) in [7, 11) is 0. The third-order valence-electron chi connectivity index (χ3n) is 7.07. The first-order valence-corrected chi connectivity index (χ1v) is 12.3. The average Bonchev–Trinajstić information content (AvgIpc) is 3.26. The molecule has 0 spiro atoms. The Morgan fingerprint density at radius 3 is 1.57 bits per heavy atom. The highest BCUT2D eigenvalue weighted by Crippen LogP contribution is 2.57. The zero-order chi connectivity index (χ0) is 23.4. The molecule has 35 heavy (non-hydrogen) atoms. The molecule has 1 aliphatic rings. The minimum atomic E-state index is 0.747. The lowest BCUT2D eigenvalue weighted by molar-refractivity contribution is 1.56. The molecule has 0 heterocycles. The van der Waals surface area contributed by atoms with Gasteiger partial charge in [0.2, 0.25) is 0 Å². The quantitative estimate of drug-likeness (QED) is 0.244. The molecule has 0 aromatic heterocycles. The van der Waals surface area contributed by atoms with Crippen molar-refractivity contribution in [2.24, 2.45) is 0 Å². The fourth-order valence-corrected chi connectivity index (χ4v) is 5.72. The van der Waals surface area contributed by atoms with Crippen molar-refractivity contribution in [2.75, 3.05) is 0 Å². The monoisotopic (exact) mass is 464 g/mol. The molecule has 0 aliphatic heterocycles. The van der Waals surface area contributed by atoms with Crippen LogP contribution in [-0.4, -0.2) is 0 Å². The maximum Gasteiger partial charge on any atom is 0.0406 e. The zero-order valence-corrected chi connectivity index (χ0v) is 19.8. The van der Waals surface area contributed by atoms with Gasteiger partial charge in [0.05, 0.1) is 0 Å². The van der Waals surface area contributed by atoms with Crippen LogP contribution in [0.25, 0.3) is 66.4 Å². The van der Waals surface area contributed by atoms with Gasteiger partial charge in [-0.3, -0.25) is 0 Å². The Morgan fingerprint density at radius 2 is 0.914 bits per heavy atom. The highest BCUT2D eigenvalue weighted by Gasteiger charge is 2.29. The van der Waals surface area contributed by atoms with E-state index in [9.17, 15) is 0 Å². The lowest BCUT2D eigenvalue weighted by Gasteiger charge is -2.21. The summed E-state index contributed by atoms with van der Waals surface area (Å²) < 4.78 is 0. The Hall–Kier alpha value is -4.13. The van der Waals surface area contributed by atoms with Crippen LogP contribution < -0.4 is 0 Å². The largest absolute Gasteiger partial charge is 0.0843 e. The molecule has 7 rings (SSSR count). The van der Waals surface area contributed by atoms with Gasteiger partial charge in [-0.2, -0.15) is 0 Å². The van der Waals surface area contributed by atoms with Gasteiger partial charge in [0, 0.05) is 5.02 Å². The Balaban J connectivity index is 1.69. The van der Waals surface area contributed by atoms with E-state index in [0.29, 0.717) is 0 Å². The minimum Gasteiger partial charge on any atom is -0.0843 e. The SMILES string of the molecule is Clc1ccc(-c2cc(-c3ccccc3)c3c(c2-c2ccccc2)-c2cccc4cccc-3c24)cc1. The van der Waals surface area contributed by atoms with Gasteiger partial charge in [-0.05, 0) is 84.6 Å². The second-order valence-corrected chi connectivity index (χ2v) is 9.48. The maximum absolute atomic E-state index is 6.29. The van der Waals surface area contributed by atoms with Crippen molar-refractivity contribution in [1.29, 1.82) is 0 Å². The molecule has 0 saturated carbocycles. The van der Waals surface area contributed by atoms with Crippen LogP contribution in [0.2, 0.25) is 5.02 Å². The minimum absolute atomic E-state index is 0.747. The highest BCUT2D eigenvalue weighted by atomic mass is 35.5. The van der Waals surface area contributed by atoms with Gasteiger partial charge in [-0.15, -0.1) is 0 Å². The second kappa shape index (κ2) is 7.98. The normalized spacial score (nSPS) is 11.6. The van der Waals surface area contributed by atoms with E-state index in [0.717, 1.165) is 10.6 Å². The lowest BCUT2D eigenvalue weighted by atomic mass is 9.82. The average molecular weight is 465 g/mol. The molecular weight excluding hydrogens is 444 g/mol. The summed E-state index contributed by atoms with van der Waals surface area (Å²) in [6, 6.07) is 45.5. The highest BCUT2D eigenvalue weighted by molar-refractivity contribution is 6.30. The Morgan fingerprint density at radius 1 is 0.371 bits per heavy atom. The molecule has 6 aromatic carbocycles. The van der Waals surface area contributed by atoms with E-state index in [1.807, 2.05) is 12.1 Å². The number of benzene rings is 6. The Kier molecular flexibility index (Phi) is 4.62. The van der Waals surface area contributed by atoms with Crippen LogP contribution in [0.4, 0.5) is 0 Å². The molecule has 0 saturated heterocycles. The molecule has 0 fully saturated rings. The molecule has 0 radical (unpaired) electrons. The second-order valence-electron chi connectivity index (χ2n) is 9.04. The van der Waals surface area contributed by atoms with Crippen LogP contribution >= 0.6 is 11.6 Å². The third-order valence-corrected chi connectivity index (χ3v) is 7.33. The van der Waals surface area contributed by atoms with Crippen molar-refractivity contribution in [2.45, 2.75) is 0 Å². The molecule has 0 atom stereocenters. The van der Waals surface area contributed by atoms with E-state index < -0.39 is 0 Å². The Bertz CT molecular complexity index is 1710. The molecule has 164 valence electrons. The molecular formula is C34H21Cl. The molecule has 0 amide bonds. The first-order chi connectivity index (χ1) is 17.3. The number of rotatable bonds is 3. The molecule has 0 bridgehead atoms. The van der Waals surface area contributed by atoms with Crippen LogP contribution in [0.1, 0.15) is 0 Å². The first-order valence-electron chi connectivity index (χ1n) is 11.9. The van der Waals surface area contributed by atoms with Crippen LogP contribution in [0.3, 0.4) is 0 Å². The molecule has 1 aliphatic carbocycles.